The Morgan fingerprint density at radius 3 is 3.08 bits per heavy atom. The van der Waals surface area contributed by atoms with Gasteiger partial charge in [0.2, 0.25) is 0 Å². The molecule has 0 aliphatic rings. The Morgan fingerprint density at radius 1 is 1.36 bits per heavy atom. The van der Waals surface area contributed by atoms with Crippen LogP contribution in [0.25, 0.3) is 22.6 Å². The van der Waals surface area contributed by atoms with E-state index in [0.29, 0.717) is 36.1 Å². The quantitative estimate of drug-likeness (QED) is 0.556. The van der Waals surface area contributed by atoms with E-state index < -0.39 is 0 Å². The van der Waals surface area contributed by atoms with Crippen LogP contribution in [-0.2, 0) is 11.3 Å². The van der Waals surface area contributed by atoms with E-state index >= 15 is 0 Å². The van der Waals surface area contributed by atoms with Crippen LogP contribution in [-0.4, -0.2) is 43.7 Å². The van der Waals surface area contributed by atoms with Crippen molar-refractivity contribution in [2.75, 3.05) is 19.0 Å². The number of rotatable bonds is 6. The molecule has 2 N–H and O–H groups in total. The Labute approximate surface area is 143 Å². The van der Waals surface area contributed by atoms with E-state index in [4.69, 9.17) is 9.15 Å². The number of hydrogen-bond acceptors (Lipinski definition) is 7. The van der Waals surface area contributed by atoms with Crippen molar-refractivity contribution in [3.63, 3.8) is 0 Å². The van der Waals surface area contributed by atoms with E-state index in [2.05, 4.69) is 30.6 Å². The summed E-state index contributed by atoms with van der Waals surface area (Å²) in [6.45, 7) is 3.21. The van der Waals surface area contributed by atoms with Gasteiger partial charge in [-0.05, 0) is 19.1 Å². The molecular formula is C16H17N7O2. The van der Waals surface area contributed by atoms with Gasteiger partial charge < -0.3 is 14.5 Å². The van der Waals surface area contributed by atoms with Gasteiger partial charge in [-0.3, -0.25) is 9.78 Å². The number of methoxy groups -OCH3 is 1. The smallest absolute Gasteiger partial charge is 0.198 e. The minimum Gasteiger partial charge on any atom is -0.461 e. The predicted molar refractivity (Wildman–Crippen MR) is 91.5 cm³/mol. The van der Waals surface area contributed by atoms with Gasteiger partial charge >= 0.3 is 0 Å². The third-order valence-corrected chi connectivity index (χ3v) is 3.77. The van der Waals surface area contributed by atoms with Crippen molar-refractivity contribution in [3.05, 3.63) is 36.5 Å². The number of aromatic nitrogens is 6. The molecular weight excluding hydrogens is 322 g/mol. The molecule has 0 amide bonds. The van der Waals surface area contributed by atoms with Crippen LogP contribution < -0.4 is 5.32 Å². The Kier molecular flexibility index (Phi) is 3.90. The maximum atomic E-state index is 5.41. The number of hydrogen-bond donors (Lipinski definition) is 2. The zero-order chi connectivity index (χ0) is 17.2. The standard InChI is InChI=1S/C16H17N7O2/c1-10-12(9-23(22-10)5-7-24-2)19-16-14-11(8-17-21-14)18-15(20-16)13-4-3-6-25-13/h3-4,6,8-9H,5,7H2,1-2H3,(H,17,21)(H,18,19,20). The minimum absolute atomic E-state index is 0.492. The molecule has 0 saturated carbocycles. The first-order chi connectivity index (χ1) is 12.2. The summed E-state index contributed by atoms with van der Waals surface area (Å²) >= 11 is 0. The molecule has 4 aromatic heterocycles. The summed E-state index contributed by atoms with van der Waals surface area (Å²) in [5, 5.41) is 14.8. The highest BCUT2D eigenvalue weighted by Crippen LogP contribution is 2.27. The second-order valence-corrected chi connectivity index (χ2v) is 5.51. The molecule has 0 spiro atoms. The van der Waals surface area contributed by atoms with E-state index in [1.807, 2.05) is 23.9 Å². The van der Waals surface area contributed by atoms with Crippen molar-refractivity contribution in [3.8, 4) is 11.6 Å². The highest BCUT2D eigenvalue weighted by Gasteiger charge is 2.14. The third kappa shape index (κ3) is 2.96. The lowest BCUT2D eigenvalue weighted by atomic mass is 10.3. The highest BCUT2D eigenvalue weighted by atomic mass is 16.5. The number of nitrogens with one attached hydrogen (secondary N) is 2. The van der Waals surface area contributed by atoms with Crippen LogP contribution in [0.5, 0.6) is 0 Å². The van der Waals surface area contributed by atoms with Gasteiger partial charge in [-0.1, -0.05) is 0 Å². The molecule has 9 nitrogen and oxygen atoms in total. The molecule has 0 atom stereocenters. The van der Waals surface area contributed by atoms with Gasteiger partial charge in [-0.15, -0.1) is 0 Å². The maximum absolute atomic E-state index is 5.41. The molecule has 0 radical (unpaired) electrons. The van der Waals surface area contributed by atoms with Gasteiger partial charge in [0.25, 0.3) is 0 Å². The summed E-state index contributed by atoms with van der Waals surface area (Å²) in [7, 11) is 1.67. The first kappa shape index (κ1) is 15.3. The number of fused-ring (bicyclic) bond motifs is 1. The van der Waals surface area contributed by atoms with Crippen LogP contribution in [0.3, 0.4) is 0 Å². The van der Waals surface area contributed by atoms with Crippen LogP contribution in [0.2, 0.25) is 0 Å². The number of furan rings is 1. The Hall–Kier alpha value is -3.20. The van der Waals surface area contributed by atoms with Crippen molar-refractivity contribution in [1.29, 1.82) is 0 Å². The molecule has 4 heterocycles. The fourth-order valence-corrected chi connectivity index (χ4v) is 2.51. The average molecular weight is 339 g/mol. The Morgan fingerprint density at radius 2 is 2.28 bits per heavy atom. The molecule has 0 fully saturated rings. The van der Waals surface area contributed by atoms with Crippen molar-refractivity contribution in [2.24, 2.45) is 0 Å². The highest BCUT2D eigenvalue weighted by molar-refractivity contribution is 5.88. The molecule has 9 heteroatoms. The lowest BCUT2D eigenvalue weighted by Crippen LogP contribution is -2.04. The monoisotopic (exact) mass is 339 g/mol. The molecule has 4 rings (SSSR count). The van der Waals surface area contributed by atoms with E-state index in [9.17, 15) is 0 Å². The molecule has 25 heavy (non-hydrogen) atoms. The lowest BCUT2D eigenvalue weighted by Gasteiger charge is -2.06. The maximum Gasteiger partial charge on any atom is 0.198 e. The first-order valence-electron chi connectivity index (χ1n) is 7.79. The topological polar surface area (TPSA) is 107 Å². The number of aromatic amines is 1. The van der Waals surface area contributed by atoms with Crippen molar-refractivity contribution in [2.45, 2.75) is 13.5 Å². The van der Waals surface area contributed by atoms with Crippen molar-refractivity contribution >= 4 is 22.5 Å². The summed E-state index contributed by atoms with van der Waals surface area (Å²) in [4.78, 5) is 9.05. The second kappa shape index (κ2) is 6.36. The molecule has 4 aromatic rings. The third-order valence-electron chi connectivity index (χ3n) is 3.77. The van der Waals surface area contributed by atoms with Gasteiger partial charge in [0.05, 0.1) is 37.0 Å². The number of nitrogens with zero attached hydrogens (tertiary/aromatic N) is 5. The van der Waals surface area contributed by atoms with Gasteiger partial charge in [0, 0.05) is 13.3 Å². The molecule has 128 valence electrons. The molecule has 0 aromatic carbocycles. The molecule has 0 aliphatic heterocycles. The van der Waals surface area contributed by atoms with E-state index in [1.165, 1.54) is 0 Å². The summed E-state index contributed by atoms with van der Waals surface area (Å²) < 4.78 is 12.3. The molecule has 0 saturated heterocycles. The van der Waals surface area contributed by atoms with Crippen LogP contribution >= 0.6 is 0 Å². The largest absolute Gasteiger partial charge is 0.461 e. The van der Waals surface area contributed by atoms with E-state index in [0.717, 1.165) is 16.9 Å². The number of aryl methyl sites for hydroxylation is 1. The van der Waals surface area contributed by atoms with Gasteiger partial charge in [-0.2, -0.15) is 10.2 Å². The van der Waals surface area contributed by atoms with Gasteiger partial charge in [0.1, 0.15) is 11.0 Å². The normalized spacial score (nSPS) is 11.3. The molecule has 0 unspecified atom stereocenters. The van der Waals surface area contributed by atoms with Crippen molar-refractivity contribution in [1.82, 2.24) is 29.9 Å². The molecule has 0 aliphatic carbocycles. The van der Waals surface area contributed by atoms with Crippen molar-refractivity contribution < 1.29 is 9.15 Å². The van der Waals surface area contributed by atoms with E-state index in [-0.39, 0.29) is 0 Å². The SMILES string of the molecule is COCCn1cc(Nc2nc(-c3ccco3)nc3cn[nH]c23)c(C)n1. The lowest BCUT2D eigenvalue weighted by molar-refractivity contribution is 0.183. The second-order valence-electron chi connectivity index (χ2n) is 5.51. The first-order valence-corrected chi connectivity index (χ1v) is 7.79. The number of ether oxygens (including phenoxy) is 1. The fourth-order valence-electron chi connectivity index (χ4n) is 2.51. The number of anilines is 2. The average Bonchev–Trinajstić information content (AvgIpc) is 3.34. The summed E-state index contributed by atoms with van der Waals surface area (Å²) in [5.41, 5.74) is 3.14. The summed E-state index contributed by atoms with van der Waals surface area (Å²) in [5.74, 6) is 1.70. The zero-order valence-electron chi connectivity index (χ0n) is 13.9. The van der Waals surface area contributed by atoms with Gasteiger partial charge in [0.15, 0.2) is 17.4 Å². The van der Waals surface area contributed by atoms with Crippen LogP contribution in [0.4, 0.5) is 11.5 Å². The Balaban J connectivity index is 1.71. The van der Waals surface area contributed by atoms with Crippen LogP contribution in [0, 0.1) is 6.92 Å². The Bertz CT molecular complexity index is 987. The fraction of sp³-hybridized carbons (Fsp3) is 0.250. The number of H-pyrrole nitrogens is 1. The summed E-state index contributed by atoms with van der Waals surface area (Å²) in [6, 6.07) is 3.62. The molecule has 0 bridgehead atoms. The van der Waals surface area contributed by atoms with Gasteiger partial charge in [-0.25, -0.2) is 9.97 Å². The zero-order valence-corrected chi connectivity index (χ0v) is 13.9. The van der Waals surface area contributed by atoms with E-state index in [1.54, 1.807) is 25.6 Å². The summed E-state index contributed by atoms with van der Waals surface area (Å²) in [6.07, 6.45) is 5.17. The van der Waals surface area contributed by atoms with Crippen LogP contribution in [0.1, 0.15) is 5.69 Å². The van der Waals surface area contributed by atoms with Crippen LogP contribution in [0.15, 0.2) is 35.2 Å². The minimum atomic E-state index is 0.492. The predicted octanol–water partition coefficient (Wildman–Crippen LogP) is 2.51.